The second kappa shape index (κ2) is 4.09. The first-order chi connectivity index (χ1) is 6.50. The first-order valence-corrected chi connectivity index (χ1v) is 4.46. The Hall–Kier alpha value is -1.58. The molecule has 0 fully saturated rings. The Bertz CT molecular complexity index is 328. The van der Waals surface area contributed by atoms with Crippen molar-refractivity contribution in [2.45, 2.75) is 13.8 Å². The van der Waals surface area contributed by atoms with Crippen LogP contribution in [0.25, 0.3) is 0 Å². The van der Waals surface area contributed by atoms with Crippen molar-refractivity contribution in [1.82, 2.24) is 0 Å². The minimum absolute atomic E-state index is 0.0149. The maximum Gasteiger partial charge on any atom is 0.307 e. The molecule has 2 unspecified atom stereocenters. The van der Waals surface area contributed by atoms with Crippen molar-refractivity contribution in [3.63, 3.8) is 0 Å². The third-order valence-corrected chi connectivity index (χ3v) is 2.02. The van der Waals surface area contributed by atoms with Crippen molar-refractivity contribution in [1.29, 1.82) is 0 Å². The van der Waals surface area contributed by atoms with Crippen molar-refractivity contribution in [3.8, 4) is 0 Å². The number of aliphatic hydroxyl groups is 1. The van der Waals surface area contributed by atoms with Crippen LogP contribution in [0.1, 0.15) is 13.8 Å². The predicted octanol–water partition coefficient (Wildman–Crippen LogP) is 2.43. The molecule has 2 atom stereocenters. The fourth-order valence-electron chi connectivity index (χ4n) is 1.28. The molecule has 0 radical (unpaired) electrons. The molecule has 0 saturated heterocycles. The van der Waals surface area contributed by atoms with Gasteiger partial charge in [-0.2, -0.15) is 0 Å². The molecule has 0 aromatic rings. The highest BCUT2D eigenvalue weighted by molar-refractivity contribution is 5.24. The topological polar surface area (TPSA) is 63.4 Å². The highest BCUT2D eigenvalue weighted by atomic mass is 16.6. The van der Waals surface area contributed by atoms with E-state index < -0.39 is 4.92 Å². The van der Waals surface area contributed by atoms with Crippen LogP contribution < -0.4 is 0 Å². The lowest BCUT2D eigenvalue weighted by Gasteiger charge is -2.07. The molecule has 0 heterocycles. The van der Waals surface area contributed by atoms with E-state index in [9.17, 15) is 15.2 Å². The van der Waals surface area contributed by atoms with Crippen molar-refractivity contribution < 1.29 is 10.0 Å². The lowest BCUT2D eigenvalue weighted by molar-refractivity contribution is -0.424. The monoisotopic (exact) mass is 195 g/mol. The normalized spacial score (nSPS) is 37.0. The van der Waals surface area contributed by atoms with Gasteiger partial charge in [0.05, 0.1) is 4.92 Å². The molecule has 0 amide bonds. The van der Waals surface area contributed by atoms with E-state index in [1.807, 2.05) is 26.0 Å². The highest BCUT2D eigenvalue weighted by Crippen LogP contribution is 2.18. The Morgan fingerprint density at radius 3 is 2.29 bits per heavy atom. The molecule has 0 bridgehead atoms. The van der Waals surface area contributed by atoms with Gasteiger partial charge in [-0.1, -0.05) is 26.0 Å². The molecule has 0 aliphatic heterocycles. The van der Waals surface area contributed by atoms with E-state index in [0.29, 0.717) is 0 Å². The summed E-state index contributed by atoms with van der Waals surface area (Å²) >= 11 is 0. The molecule has 1 rings (SSSR count). The van der Waals surface area contributed by atoms with E-state index in [2.05, 4.69) is 0 Å². The van der Waals surface area contributed by atoms with Gasteiger partial charge in [-0.15, -0.1) is 0 Å². The Balaban J connectivity index is 3.12. The molecule has 0 saturated carbocycles. The van der Waals surface area contributed by atoms with E-state index in [4.69, 9.17) is 0 Å². The first-order valence-electron chi connectivity index (χ1n) is 4.46. The molecule has 76 valence electrons. The van der Waals surface area contributed by atoms with Crippen LogP contribution in [-0.2, 0) is 0 Å². The van der Waals surface area contributed by atoms with Crippen LogP contribution >= 0.6 is 0 Å². The zero-order chi connectivity index (χ0) is 10.7. The van der Waals surface area contributed by atoms with Gasteiger partial charge in [0.2, 0.25) is 0 Å². The summed E-state index contributed by atoms with van der Waals surface area (Å²) in [5.74, 6) is -0.270. The van der Waals surface area contributed by atoms with Gasteiger partial charge in [0.25, 0.3) is 0 Å². The van der Waals surface area contributed by atoms with Crippen LogP contribution in [0.2, 0.25) is 0 Å². The third-order valence-electron chi connectivity index (χ3n) is 2.02. The summed E-state index contributed by atoms with van der Waals surface area (Å²) in [5.41, 5.74) is -0.214. The minimum atomic E-state index is -0.561. The van der Waals surface area contributed by atoms with Gasteiger partial charge in [-0.05, 0) is 17.9 Å². The van der Waals surface area contributed by atoms with E-state index in [0.717, 1.165) is 0 Å². The summed E-state index contributed by atoms with van der Waals surface area (Å²) < 4.78 is 0. The molecule has 1 aliphatic rings. The molecule has 4 heteroatoms. The van der Waals surface area contributed by atoms with Gasteiger partial charge in [-0.3, -0.25) is 10.1 Å². The number of nitrogens with zero attached hydrogens (tertiary/aromatic N) is 1. The largest absolute Gasteiger partial charge is 0.502 e. The molecule has 1 aliphatic carbocycles. The van der Waals surface area contributed by atoms with Crippen LogP contribution in [0.5, 0.6) is 0 Å². The number of allylic oxidation sites excluding steroid dienone is 4. The predicted molar refractivity (Wildman–Crippen MR) is 53.3 cm³/mol. The fraction of sp³-hybridized carbons (Fsp3) is 0.400. The maximum atomic E-state index is 10.6. The quantitative estimate of drug-likeness (QED) is 0.397. The Kier molecular flexibility index (Phi) is 3.06. The van der Waals surface area contributed by atoms with Gasteiger partial charge in [0.1, 0.15) is 0 Å². The van der Waals surface area contributed by atoms with Crippen LogP contribution in [0.4, 0.5) is 0 Å². The molecule has 14 heavy (non-hydrogen) atoms. The van der Waals surface area contributed by atoms with Crippen molar-refractivity contribution in [2.75, 3.05) is 0 Å². The van der Waals surface area contributed by atoms with Gasteiger partial charge in [-0.25, -0.2) is 0 Å². The van der Waals surface area contributed by atoms with Gasteiger partial charge in [0, 0.05) is 6.08 Å². The van der Waals surface area contributed by atoms with Crippen LogP contribution in [0, 0.1) is 22.0 Å². The van der Waals surface area contributed by atoms with E-state index >= 15 is 0 Å². The van der Waals surface area contributed by atoms with Crippen LogP contribution in [0.3, 0.4) is 0 Å². The van der Waals surface area contributed by atoms with Crippen LogP contribution in [-0.4, -0.2) is 10.0 Å². The summed E-state index contributed by atoms with van der Waals surface area (Å²) in [5, 5.41) is 20.0. The first kappa shape index (κ1) is 10.5. The lowest BCUT2D eigenvalue weighted by atomic mass is 10.0. The molecule has 1 N–H and O–H groups in total. The number of rotatable bonds is 1. The van der Waals surface area contributed by atoms with Crippen molar-refractivity contribution in [3.05, 3.63) is 45.9 Å². The molecule has 4 nitrogen and oxygen atoms in total. The standard InChI is InChI=1S/C10H13NO3/c1-7-3-4-8(2)6-10(12)9(5-7)11(13)14/h3-8,12H,1-2H3/b4-3-,9-5+,10-6+. The third kappa shape index (κ3) is 2.45. The fourth-order valence-corrected chi connectivity index (χ4v) is 1.28. The number of hydrogen-bond donors (Lipinski definition) is 1. The average molecular weight is 195 g/mol. The van der Waals surface area contributed by atoms with Gasteiger partial charge in [0.15, 0.2) is 5.76 Å². The van der Waals surface area contributed by atoms with Crippen molar-refractivity contribution in [2.24, 2.45) is 11.8 Å². The molecule has 0 spiro atoms. The zero-order valence-corrected chi connectivity index (χ0v) is 8.18. The van der Waals surface area contributed by atoms with Crippen LogP contribution in [0.15, 0.2) is 35.8 Å². The number of nitro groups is 1. The summed E-state index contributed by atoms with van der Waals surface area (Å²) in [6, 6.07) is 0. The van der Waals surface area contributed by atoms with E-state index in [-0.39, 0.29) is 23.3 Å². The smallest absolute Gasteiger partial charge is 0.307 e. The molecular weight excluding hydrogens is 182 g/mol. The second-order valence-electron chi connectivity index (χ2n) is 3.46. The Morgan fingerprint density at radius 1 is 1.29 bits per heavy atom. The Morgan fingerprint density at radius 2 is 1.79 bits per heavy atom. The summed E-state index contributed by atoms with van der Waals surface area (Å²) in [6.45, 7) is 3.70. The number of hydrogen-bond acceptors (Lipinski definition) is 3. The Labute approximate surface area is 82.4 Å². The second-order valence-corrected chi connectivity index (χ2v) is 3.46. The lowest BCUT2D eigenvalue weighted by Crippen LogP contribution is -2.07. The minimum Gasteiger partial charge on any atom is -0.502 e. The SMILES string of the molecule is CC1/C=C\C(C)/C=C([N+](=O)[O-])\C(O)=C/1. The summed E-state index contributed by atoms with van der Waals surface area (Å²) in [4.78, 5) is 10.0. The average Bonchev–Trinajstić information content (AvgIpc) is 2.08. The van der Waals surface area contributed by atoms with E-state index in [1.54, 1.807) is 0 Å². The molecule has 0 aromatic carbocycles. The van der Waals surface area contributed by atoms with Gasteiger partial charge < -0.3 is 5.11 Å². The summed E-state index contributed by atoms with van der Waals surface area (Å²) in [6.07, 6.45) is 6.70. The number of aliphatic hydroxyl groups excluding tert-OH is 1. The molecule has 0 aromatic heterocycles. The molecular formula is C10H13NO3. The summed E-state index contributed by atoms with van der Waals surface area (Å²) in [7, 11) is 0. The maximum absolute atomic E-state index is 10.6. The highest BCUT2D eigenvalue weighted by Gasteiger charge is 2.19. The van der Waals surface area contributed by atoms with Crippen molar-refractivity contribution >= 4 is 0 Å². The zero-order valence-electron chi connectivity index (χ0n) is 8.18. The van der Waals surface area contributed by atoms with E-state index in [1.165, 1.54) is 12.2 Å². The van der Waals surface area contributed by atoms with Gasteiger partial charge >= 0.3 is 5.70 Å².